The van der Waals surface area contributed by atoms with Crippen LogP contribution in [0.25, 0.3) is 0 Å². The second-order valence-electron chi connectivity index (χ2n) is 9.64. The van der Waals surface area contributed by atoms with E-state index in [2.05, 4.69) is 50.4 Å². The van der Waals surface area contributed by atoms with Gasteiger partial charge >= 0.3 is 0 Å². The molecule has 5 nitrogen and oxygen atoms in total. The number of benzene rings is 3. The zero-order valence-electron chi connectivity index (χ0n) is 21.0. The molecule has 0 bridgehead atoms. The van der Waals surface area contributed by atoms with E-state index in [1.54, 1.807) is 30.2 Å². The van der Waals surface area contributed by atoms with E-state index in [1.165, 1.54) is 12.5 Å². The lowest BCUT2D eigenvalue weighted by Gasteiger charge is -2.25. The Morgan fingerprint density at radius 3 is 2.14 bits per heavy atom. The first kappa shape index (κ1) is 26.3. The lowest BCUT2D eigenvalue weighted by atomic mass is 9.87. The number of rotatable bonds is 8. The smallest absolute Gasteiger partial charge is 0.256 e. The molecule has 0 spiro atoms. The monoisotopic (exact) mass is 492 g/mol. The molecular formula is C29H33ClN2O3. The fraction of sp³-hybridized carbons (Fsp3) is 0.310. The Labute approximate surface area is 213 Å². The normalized spacial score (nSPS) is 11.1. The molecule has 184 valence electrons. The summed E-state index contributed by atoms with van der Waals surface area (Å²) in [4.78, 5) is 27.3. The number of anilines is 1. The van der Waals surface area contributed by atoms with Crippen LogP contribution >= 0.6 is 11.6 Å². The Bertz CT molecular complexity index is 1170. The van der Waals surface area contributed by atoms with Crippen LogP contribution in [0.2, 0.25) is 5.02 Å². The van der Waals surface area contributed by atoms with Crippen LogP contribution in [0.15, 0.2) is 66.7 Å². The van der Waals surface area contributed by atoms with Crippen LogP contribution in [-0.4, -0.2) is 30.4 Å². The molecule has 35 heavy (non-hydrogen) atoms. The van der Waals surface area contributed by atoms with Gasteiger partial charge in [-0.25, -0.2) is 0 Å². The van der Waals surface area contributed by atoms with Gasteiger partial charge in [0, 0.05) is 25.0 Å². The molecular weight excluding hydrogens is 460 g/mol. The van der Waals surface area contributed by atoms with E-state index in [-0.39, 0.29) is 17.2 Å². The summed E-state index contributed by atoms with van der Waals surface area (Å²) in [5.41, 5.74) is 4.23. The van der Waals surface area contributed by atoms with E-state index in [4.69, 9.17) is 16.3 Å². The molecule has 3 aromatic rings. The predicted molar refractivity (Wildman–Crippen MR) is 142 cm³/mol. The van der Waals surface area contributed by atoms with Crippen LogP contribution in [0.4, 0.5) is 5.69 Å². The number of carbonyl (C=O) groups is 2. The van der Waals surface area contributed by atoms with Crippen molar-refractivity contribution in [2.45, 2.75) is 46.1 Å². The van der Waals surface area contributed by atoms with E-state index in [0.717, 1.165) is 16.9 Å². The number of hydrogen-bond donors (Lipinski definition) is 1. The average Bonchev–Trinajstić information content (AvgIpc) is 2.82. The van der Waals surface area contributed by atoms with E-state index in [0.29, 0.717) is 35.8 Å². The first-order valence-electron chi connectivity index (χ1n) is 11.7. The van der Waals surface area contributed by atoms with Crippen molar-refractivity contribution in [3.05, 3.63) is 94.0 Å². The van der Waals surface area contributed by atoms with E-state index >= 15 is 0 Å². The molecule has 0 saturated carbocycles. The molecule has 0 heterocycles. The fourth-order valence-electron chi connectivity index (χ4n) is 3.80. The van der Waals surface area contributed by atoms with Crippen LogP contribution in [-0.2, 0) is 23.2 Å². The first-order chi connectivity index (χ1) is 16.6. The maximum absolute atomic E-state index is 13.7. The fourth-order valence-corrected chi connectivity index (χ4v) is 3.97. The Morgan fingerprint density at radius 1 is 0.943 bits per heavy atom. The van der Waals surface area contributed by atoms with Crippen LogP contribution in [0.3, 0.4) is 0 Å². The Hall–Kier alpha value is -3.31. The van der Waals surface area contributed by atoms with Gasteiger partial charge < -0.3 is 15.0 Å². The minimum atomic E-state index is -0.246. The van der Waals surface area contributed by atoms with Crippen molar-refractivity contribution in [2.24, 2.45) is 0 Å². The highest BCUT2D eigenvalue weighted by molar-refractivity contribution is 6.31. The minimum Gasteiger partial charge on any atom is -0.497 e. The van der Waals surface area contributed by atoms with Crippen LogP contribution in [0.5, 0.6) is 5.75 Å². The van der Waals surface area contributed by atoms with Gasteiger partial charge in [-0.1, -0.05) is 68.8 Å². The average molecular weight is 493 g/mol. The van der Waals surface area contributed by atoms with Gasteiger partial charge in [0.05, 0.1) is 18.4 Å². The van der Waals surface area contributed by atoms with Gasteiger partial charge in [-0.05, 0) is 58.9 Å². The summed E-state index contributed by atoms with van der Waals surface area (Å²) >= 11 is 6.23. The Morgan fingerprint density at radius 2 is 1.57 bits per heavy atom. The van der Waals surface area contributed by atoms with Crippen molar-refractivity contribution in [3.63, 3.8) is 0 Å². The third-order valence-electron chi connectivity index (χ3n) is 5.83. The third-order valence-corrected chi connectivity index (χ3v) is 6.07. The van der Waals surface area contributed by atoms with Crippen molar-refractivity contribution in [1.29, 1.82) is 0 Å². The topological polar surface area (TPSA) is 58.6 Å². The van der Waals surface area contributed by atoms with Crippen molar-refractivity contribution in [1.82, 2.24) is 4.90 Å². The molecule has 0 aromatic heterocycles. The van der Waals surface area contributed by atoms with Crippen LogP contribution in [0.1, 0.15) is 54.7 Å². The summed E-state index contributed by atoms with van der Waals surface area (Å²) in [5.74, 6) is 0.355. The Kier molecular flexibility index (Phi) is 8.57. The zero-order valence-corrected chi connectivity index (χ0v) is 21.8. The molecule has 0 aliphatic rings. The molecule has 6 heteroatoms. The molecule has 0 aliphatic carbocycles. The quantitative estimate of drug-likeness (QED) is 0.391. The van der Waals surface area contributed by atoms with Crippen molar-refractivity contribution in [3.8, 4) is 5.75 Å². The molecule has 0 fully saturated rings. The van der Waals surface area contributed by atoms with Gasteiger partial charge in [0.2, 0.25) is 5.91 Å². The van der Waals surface area contributed by atoms with Gasteiger partial charge in [-0.15, -0.1) is 0 Å². The minimum absolute atomic E-state index is 0.0520. The van der Waals surface area contributed by atoms with Gasteiger partial charge in [0.25, 0.3) is 5.91 Å². The number of nitrogens with zero attached hydrogens (tertiary/aromatic N) is 1. The second kappa shape index (κ2) is 11.4. The molecule has 1 N–H and O–H groups in total. The molecule has 3 aromatic carbocycles. The van der Waals surface area contributed by atoms with Crippen molar-refractivity contribution < 1.29 is 14.3 Å². The summed E-state index contributed by atoms with van der Waals surface area (Å²) in [6, 6.07) is 21.1. The summed E-state index contributed by atoms with van der Waals surface area (Å²) in [7, 11) is 1.64. The van der Waals surface area contributed by atoms with E-state index < -0.39 is 0 Å². The highest BCUT2D eigenvalue weighted by Crippen LogP contribution is 2.25. The maximum atomic E-state index is 13.7. The summed E-state index contributed by atoms with van der Waals surface area (Å²) in [5, 5.41) is 3.19. The molecule has 3 rings (SSSR count). The zero-order chi connectivity index (χ0) is 25.6. The molecule has 0 radical (unpaired) electrons. The molecule has 0 unspecified atom stereocenters. The SMILES string of the molecule is COc1ccc(CCN(Cc2ccc(C(C)(C)C)cc2)C(=O)c2cc(Cl)ccc2NC(C)=O)cc1. The van der Waals surface area contributed by atoms with E-state index in [1.807, 2.05) is 24.3 Å². The van der Waals surface area contributed by atoms with E-state index in [9.17, 15) is 9.59 Å². The van der Waals surface area contributed by atoms with Gasteiger partial charge in [-0.3, -0.25) is 9.59 Å². The highest BCUT2D eigenvalue weighted by atomic mass is 35.5. The van der Waals surface area contributed by atoms with Crippen molar-refractivity contribution in [2.75, 3.05) is 19.0 Å². The van der Waals surface area contributed by atoms with Crippen LogP contribution < -0.4 is 10.1 Å². The number of nitrogens with one attached hydrogen (secondary N) is 1. The summed E-state index contributed by atoms with van der Waals surface area (Å²) < 4.78 is 5.25. The van der Waals surface area contributed by atoms with Crippen LogP contribution in [0, 0.1) is 0 Å². The maximum Gasteiger partial charge on any atom is 0.256 e. The first-order valence-corrected chi connectivity index (χ1v) is 12.0. The van der Waals surface area contributed by atoms with Gasteiger partial charge in [0.1, 0.15) is 5.75 Å². The van der Waals surface area contributed by atoms with Crippen molar-refractivity contribution >= 4 is 29.1 Å². The standard InChI is InChI=1S/C29H33ClN2O3/c1-20(33)31-27-15-12-24(30)18-26(27)28(34)32(17-16-21-8-13-25(35-5)14-9-21)19-22-6-10-23(11-7-22)29(2,3)4/h6-15,18H,16-17,19H2,1-5H3,(H,31,33). The number of ether oxygens (including phenoxy) is 1. The summed E-state index contributed by atoms with van der Waals surface area (Å²) in [6.07, 6.45) is 0.672. The van der Waals surface area contributed by atoms with Gasteiger partial charge in [0.15, 0.2) is 0 Å². The summed E-state index contributed by atoms with van der Waals surface area (Å²) in [6.45, 7) is 8.88. The number of halogens is 1. The lowest BCUT2D eigenvalue weighted by molar-refractivity contribution is -0.114. The molecule has 0 aliphatic heterocycles. The second-order valence-corrected chi connectivity index (χ2v) is 10.1. The largest absolute Gasteiger partial charge is 0.497 e. The number of amides is 2. The lowest BCUT2D eigenvalue weighted by Crippen LogP contribution is -2.33. The molecule has 0 saturated heterocycles. The number of carbonyl (C=O) groups excluding carboxylic acids is 2. The molecule has 2 amide bonds. The third kappa shape index (κ3) is 7.33. The van der Waals surface area contributed by atoms with Gasteiger partial charge in [-0.2, -0.15) is 0 Å². The number of hydrogen-bond acceptors (Lipinski definition) is 3. The predicted octanol–water partition coefficient (Wildman–Crippen LogP) is 6.49. The Balaban J connectivity index is 1.90. The molecule has 0 atom stereocenters. The highest BCUT2D eigenvalue weighted by Gasteiger charge is 2.21. The number of methoxy groups -OCH3 is 1.